The van der Waals surface area contributed by atoms with Crippen LogP contribution in [0.25, 0.3) is 0 Å². The Morgan fingerprint density at radius 2 is 1.85 bits per heavy atom. The van der Waals surface area contributed by atoms with Gasteiger partial charge in [0.25, 0.3) is 0 Å². The van der Waals surface area contributed by atoms with Crippen molar-refractivity contribution in [1.82, 2.24) is 0 Å². The molecule has 3 nitrogen and oxygen atoms in total. The molecule has 0 saturated carbocycles. The normalized spacial score (nSPS) is 10.3. The molecule has 0 unspecified atom stereocenters. The summed E-state index contributed by atoms with van der Waals surface area (Å²) in [5, 5.41) is 8.67. The topological polar surface area (TPSA) is 46.5 Å². The van der Waals surface area contributed by atoms with Crippen LogP contribution in [-0.2, 0) is 17.8 Å². The fourth-order valence-electron chi connectivity index (χ4n) is 1.74. The minimum Gasteiger partial charge on any atom is -0.489 e. The van der Waals surface area contributed by atoms with E-state index < -0.39 is 5.97 Å². The molecule has 20 heavy (non-hydrogen) atoms. The first-order valence-corrected chi connectivity index (χ1v) is 6.71. The number of carboxylic acid groups (broad SMARTS) is 1. The van der Waals surface area contributed by atoms with Crippen LogP contribution in [0.4, 0.5) is 4.39 Å². The van der Waals surface area contributed by atoms with Crippen LogP contribution in [0.5, 0.6) is 5.75 Å². The van der Waals surface area contributed by atoms with E-state index in [1.165, 1.54) is 12.1 Å². The highest BCUT2D eigenvalue weighted by atomic mass is 79.9. The van der Waals surface area contributed by atoms with Gasteiger partial charge in [0.2, 0.25) is 0 Å². The Morgan fingerprint density at radius 3 is 2.45 bits per heavy atom. The largest absolute Gasteiger partial charge is 0.489 e. The second-order valence-electron chi connectivity index (χ2n) is 4.28. The summed E-state index contributed by atoms with van der Waals surface area (Å²) in [4.78, 5) is 10.6. The smallest absolute Gasteiger partial charge is 0.307 e. The van der Waals surface area contributed by atoms with Gasteiger partial charge in [0.1, 0.15) is 18.2 Å². The Balaban J connectivity index is 1.98. The third-order valence-electron chi connectivity index (χ3n) is 2.61. The molecule has 0 saturated heterocycles. The van der Waals surface area contributed by atoms with Gasteiger partial charge in [-0.05, 0) is 41.5 Å². The standard InChI is InChI=1S/C15H12BrFO3/c16-12-5-11(6-13(17)8-12)9-20-14-3-1-10(2-4-14)7-15(18)19/h1-6,8H,7,9H2,(H,18,19). The molecule has 0 bridgehead atoms. The van der Waals surface area contributed by atoms with E-state index in [9.17, 15) is 9.18 Å². The van der Waals surface area contributed by atoms with E-state index in [1.54, 1.807) is 30.3 Å². The molecule has 0 aliphatic rings. The number of carbonyl (C=O) groups is 1. The van der Waals surface area contributed by atoms with Crippen molar-refractivity contribution in [2.75, 3.05) is 0 Å². The maximum Gasteiger partial charge on any atom is 0.307 e. The lowest BCUT2D eigenvalue weighted by Crippen LogP contribution is -2.00. The number of hydrogen-bond acceptors (Lipinski definition) is 2. The van der Waals surface area contributed by atoms with Gasteiger partial charge in [-0.25, -0.2) is 4.39 Å². The van der Waals surface area contributed by atoms with E-state index in [4.69, 9.17) is 9.84 Å². The van der Waals surface area contributed by atoms with Crippen LogP contribution in [0, 0.1) is 5.82 Å². The molecule has 0 spiro atoms. The van der Waals surface area contributed by atoms with Crippen molar-refractivity contribution in [2.24, 2.45) is 0 Å². The number of benzene rings is 2. The number of hydrogen-bond donors (Lipinski definition) is 1. The Bertz CT molecular complexity index is 591. The van der Waals surface area contributed by atoms with Crippen molar-refractivity contribution in [3.05, 3.63) is 63.9 Å². The van der Waals surface area contributed by atoms with E-state index in [1.807, 2.05) is 0 Å². The number of aliphatic carboxylic acids is 1. The maximum atomic E-state index is 13.2. The molecule has 2 rings (SSSR count). The van der Waals surface area contributed by atoms with E-state index in [-0.39, 0.29) is 18.8 Å². The van der Waals surface area contributed by atoms with Crippen LogP contribution in [0.15, 0.2) is 46.9 Å². The fraction of sp³-hybridized carbons (Fsp3) is 0.133. The summed E-state index contributed by atoms with van der Waals surface area (Å²) in [6.07, 6.45) is -0.0167. The average molecular weight is 339 g/mol. The van der Waals surface area contributed by atoms with Gasteiger partial charge in [-0.2, -0.15) is 0 Å². The first-order valence-electron chi connectivity index (χ1n) is 5.91. The van der Waals surface area contributed by atoms with Gasteiger partial charge in [0.05, 0.1) is 6.42 Å². The Morgan fingerprint density at radius 1 is 1.15 bits per heavy atom. The molecule has 0 aliphatic heterocycles. The molecule has 0 radical (unpaired) electrons. The van der Waals surface area contributed by atoms with Crippen molar-refractivity contribution < 1.29 is 19.0 Å². The fourth-order valence-corrected chi connectivity index (χ4v) is 2.25. The Kier molecular flexibility index (Phi) is 4.74. The molecule has 104 valence electrons. The number of halogens is 2. The highest BCUT2D eigenvalue weighted by Crippen LogP contribution is 2.18. The van der Waals surface area contributed by atoms with Gasteiger partial charge < -0.3 is 9.84 Å². The molecule has 5 heteroatoms. The van der Waals surface area contributed by atoms with Gasteiger partial charge in [0, 0.05) is 4.47 Å². The van der Waals surface area contributed by atoms with Crippen molar-refractivity contribution in [3.63, 3.8) is 0 Å². The SMILES string of the molecule is O=C(O)Cc1ccc(OCc2cc(F)cc(Br)c2)cc1. The molecule has 0 aliphatic carbocycles. The highest BCUT2D eigenvalue weighted by molar-refractivity contribution is 9.10. The molecule has 0 atom stereocenters. The van der Waals surface area contributed by atoms with Crippen molar-refractivity contribution in [2.45, 2.75) is 13.0 Å². The lowest BCUT2D eigenvalue weighted by atomic mass is 10.1. The first kappa shape index (κ1) is 14.5. The van der Waals surface area contributed by atoms with E-state index >= 15 is 0 Å². The Labute approximate surface area is 124 Å². The minimum absolute atomic E-state index is 0.0167. The van der Waals surface area contributed by atoms with E-state index in [2.05, 4.69) is 15.9 Å². The number of ether oxygens (including phenoxy) is 1. The lowest BCUT2D eigenvalue weighted by Gasteiger charge is -2.07. The van der Waals surface area contributed by atoms with Crippen molar-refractivity contribution in [3.8, 4) is 5.75 Å². The second kappa shape index (κ2) is 6.52. The van der Waals surface area contributed by atoms with E-state index in [0.29, 0.717) is 21.3 Å². The molecule has 0 heterocycles. The summed E-state index contributed by atoms with van der Waals surface area (Å²) in [7, 11) is 0. The third-order valence-corrected chi connectivity index (χ3v) is 3.06. The van der Waals surface area contributed by atoms with Crippen LogP contribution < -0.4 is 4.74 Å². The van der Waals surface area contributed by atoms with Crippen molar-refractivity contribution >= 4 is 21.9 Å². The second-order valence-corrected chi connectivity index (χ2v) is 5.20. The minimum atomic E-state index is -0.872. The zero-order valence-corrected chi connectivity index (χ0v) is 12.1. The molecule has 2 aromatic rings. The predicted octanol–water partition coefficient (Wildman–Crippen LogP) is 3.79. The van der Waals surface area contributed by atoms with Crippen LogP contribution in [0.1, 0.15) is 11.1 Å². The number of rotatable bonds is 5. The van der Waals surface area contributed by atoms with Gasteiger partial charge in [-0.3, -0.25) is 4.79 Å². The summed E-state index contributed by atoms with van der Waals surface area (Å²) in [6, 6.07) is 11.4. The summed E-state index contributed by atoms with van der Waals surface area (Å²) in [6.45, 7) is 0.245. The average Bonchev–Trinajstić information content (AvgIpc) is 2.36. The summed E-state index contributed by atoms with van der Waals surface area (Å²) in [5.41, 5.74) is 1.42. The third kappa shape index (κ3) is 4.35. The molecule has 0 fully saturated rings. The monoisotopic (exact) mass is 338 g/mol. The van der Waals surface area contributed by atoms with Gasteiger partial charge in [-0.1, -0.05) is 28.1 Å². The number of carboxylic acids is 1. The lowest BCUT2D eigenvalue weighted by molar-refractivity contribution is -0.136. The molecule has 0 aromatic heterocycles. The van der Waals surface area contributed by atoms with Crippen LogP contribution in [-0.4, -0.2) is 11.1 Å². The van der Waals surface area contributed by atoms with Crippen LogP contribution in [0.3, 0.4) is 0 Å². The summed E-state index contributed by atoms with van der Waals surface area (Å²) >= 11 is 3.22. The zero-order valence-electron chi connectivity index (χ0n) is 10.5. The summed E-state index contributed by atoms with van der Waals surface area (Å²) < 4.78 is 19.4. The predicted molar refractivity (Wildman–Crippen MR) is 76.2 cm³/mol. The molecule has 1 N–H and O–H groups in total. The quantitative estimate of drug-likeness (QED) is 0.901. The van der Waals surface area contributed by atoms with E-state index in [0.717, 1.165) is 0 Å². The first-order chi connectivity index (χ1) is 9.52. The molecular weight excluding hydrogens is 327 g/mol. The van der Waals surface area contributed by atoms with Crippen LogP contribution in [0.2, 0.25) is 0 Å². The zero-order chi connectivity index (χ0) is 14.5. The van der Waals surface area contributed by atoms with Crippen molar-refractivity contribution in [1.29, 1.82) is 0 Å². The van der Waals surface area contributed by atoms with Crippen LogP contribution >= 0.6 is 15.9 Å². The molecule has 2 aromatic carbocycles. The Hall–Kier alpha value is -1.88. The highest BCUT2D eigenvalue weighted by Gasteiger charge is 2.03. The van der Waals surface area contributed by atoms with Gasteiger partial charge in [0.15, 0.2) is 0 Å². The van der Waals surface area contributed by atoms with Gasteiger partial charge in [-0.15, -0.1) is 0 Å². The summed E-state index contributed by atoms with van der Waals surface area (Å²) in [5.74, 6) is -0.586. The maximum absolute atomic E-state index is 13.2. The molecular formula is C15H12BrFO3. The van der Waals surface area contributed by atoms with Gasteiger partial charge >= 0.3 is 5.97 Å². The molecule has 0 amide bonds.